The molecule has 0 saturated carbocycles. The highest BCUT2D eigenvalue weighted by Crippen LogP contribution is 2.44. The maximum absolute atomic E-state index is 13.6. The number of hydrogen-bond acceptors (Lipinski definition) is 6. The summed E-state index contributed by atoms with van der Waals surface area (Å²) in [7, 11) is 3.05. The molecular weight excluding hydrogens is 482 g/mol. The van der Waals surface area contributed by atoms with Crippen LogP contribution in [0.5, 0.6) is 11.5 Å². The molecule has 0 aliphatic carbocycles. The average Bonchev–Trinajstić information content (AvgIpc) is 3.40. The molecule has 8 heteroatoms. The number of methoxy groups -OCH3 is 2. The molecule has 1 aromatic heterocycles. The predicted molar refractivity (Wildman–Crippen MR) is 146 cm³/mol. The zero-order valence-electron chi connectivity index (χ0n) is 22.2. The Bertz CT molecular complexity index is 1610. The Morgan fingerprint density at radius 3 is 2.39 bits per heavy atom. The number of ether oxygens (including phenoxy) is 2. The summed E-state index contributed by atoms with van der Waals surface area (Å²) in [6.45, 7) is 7.73. The van der Waals surface area contributed by atoms with E-state index >= 15 is 0 Å². The maximum atomic E-state index is 13.6. The van der Waals surface area contributed by atoms with E-state index in [0.717, 1.165) is 27.8 Å². The number of fused-ring (bicyclic) bond motifs is 1. The van der Waals surface area contributed by atoms with Gasteiger partial charge in [-0.1, -0.05) is 18.2 Å². The molecule has 1 aliphatic rings. The van der Waals surface area contributed by atoms with Crippen molar-refractivity contribution in [1.82, 2.24) is 9.97 Å². The Kier molecular flexibility index (Phi) is 6.18. The van der Waals surface area contributed by atoms with Crippen molar-refractivity contribution in [2.24, 2.45) is 0 Å². The number of aliphatic hydroxyl groups is 1. The summed E-state index contributed by atoms with van der Waals surface area (Å²) in [4.78, 5) is 36.4. The fourth-order valence-corrected chi connectivity index (χ4v) is 5.09. The Morgan fingerprint density at radius 2 is 1.68 bits per heavy atom. The third-order valence-electron chi connectivity index (χ3n) is 7.05. The predicted octanol–water partition coefficient (Wildman–Crippen LogP) is 5.44. The van der Waals surface area contributed by atoms with Gasteiger partial charge in [-0.15, -0.1) is 0 Å². The lowest BCUT2D eigenvalue weighted by Crippen LogP contribution is -2.30. The van der Waals surface area contributed by atoms with Gasteiger partial charge in [0.25, 0.3) is 5.78 Å². The lowest BCUT2D eigenvalue weighted by molar-refractivity contribution is -0.132. The third kappa shape index (κ3) is 3.98. The Morgan fingerprint density at radius 1 is 0.947 bits per heavy atom. The molecule has 38 heavy (non-hydrogen) atoms. The Balaban J connectivity index is 1.79. The number of aliphatic hydroxyl groups excluding tert-OH is 1. The molecule has 0 bridgehead atoms. The number of aromatic nitrogens is 2. The van der Waals surface area contributed by atoms with E-state index in [0.29, 0.717) is 28.1 Å². The number of nitrogens with one attached hydrogen (secondary N) is 1. The van der Waals surface area contributed by atoms with Crippen molar-refractivity contribution in [3.05, 3.63) is 87.5 Å². The second-order valence-corrected chi connectivity index (χ2v) is 9.62. The van der Waals surface area contributed by atoms with Gasteiger partial charge < -0.3 is 19.6 Å². The van der Waals surface area contributed by atoms with Crippen LogP contribution >= 0.6 is 0 Å². The minimum atomic E-state index is -0.960. The largest absolute Gasteiger partial charge is 0.507 e. The first-order chi connectivity index (χ1) is 18.1. The van der Waals surface area contributed by atoms with Crippen LogP contribution in [0.4, 0.5) is 5.95 Å². The number of nitrogens with zero attached hydrogens (tertiary/aromatic N) is 2. The zero-order chi connectivity index (χ0) is 27.3. The first-order valence-electron chi connectivity index (χ1n) is 12.2. The van der Waals surface area contributed by atoms with Crippen LogP contribution in [-0.4, -0.2) is 41.0 Å². The molecule has 1 fully saturated rings. The number of carbonyl (C=O) groups is 2. The first kappa shape index (κ1) is 25.1. The van der Waals surface area contributed by atoms with Gasteiger partial charge in [0.15, 0.2) is 0 Å². The average molecular weight is 512 g/mol. The fourth-order valence-electron chi connectivity index (χ4n) is 5.09. The summed E-state index contributed by atoms with van der Waals surface area (Å²) in [5.74, 6) is -0.734. The Labute approximate surface area is 220 Å². The van der Waals surface area contributed by atoms with Gasteiger partial charge in [0.2, 0.25) is 5.95 Å². The standard InChI is InChI=1S/C30H29N3O5/c1-15-10-18(4)28(38-6)21(11-15)26(34)24-25(19-8-7-9-20(14-19)37-5)33(29(36)27(24)35)30-31-22-12-16(2)17(3)13-23(22)32-30/h7-14,25,34H,1-6H3,(H,31,32)/b26-24+. The number of rotatable bonds is 5. The van der Waals surface area contributed by atoms with E-state index in [2.05, 4.69) is 9.97 Å². The van der Waals surface area contributed by atoms with Gasteiger partial charge >= 0.3 is 5.91 Å². The fraction of sp³-hybridized carbons (Fsp3) is 0.233. The van der Waals surface area contributed by atoms with E-state index in [4.69, 9.17) is 9.47 Å². The van der Waals surface area contributed by atoms with E-state index in [-0.39, 0.29) is 17.3 Å². The molecule has 8 nitrogen and oxygen atoms in total. The smallest absolute Gasteiger partial charge is 0.302 e. The molecule has 3 aromatic carbocycles. The number of hydrogen-bond donors (Lipinski definition) is 2. The molecule has 1 amide bonds. The van der Waals surface area contributed by atoms with Crippen LogP contribution in [-0.2, 0) is 9.59 Å². The van der Waals surface area contributed by atoms with Gasteiger partial charge in [-0.3, -0.25) is 14.5 Å². The van der Waals surface area contributed by atoms with Crippen molar-refractivity contribution < 1.29 is 24.2 Å². The lowest BCUT2D eigenvalue weighted by Gasteiger charge is -2.23. The number of carbonyl (C=O) groups excluding carboxylic acids is 2. The van der Waals surface area contributed by atoms with Crippen molar-refractivity contribution in [1.29, 1.82) is 0 Å². The van der Waals surface area contributed by atoms with E-state index < -0.39 is 17.7 Å². The van der Waals surface area contributed by atoms with Crippen molar-refractivity contribution in [3.8, 4) is 11.5 Å². The highest BCUT2D eigenvalue weighted by molar-refractivity contribution is 6.51. The van der Waals surface area contributed by atoms with E-state index in [1.807, 2.05) is 45.9 Å². The summed E-state index contributed by atoms with van der Waals surface area (Å²) in [6, 6.07) is 13.7. The van der Waals surface area contributed by atoms with Gasteiger partial charge in [0, 0.05) is 0 Å². The second kappa shape index (κ2) is 9.37. The lowest BCUT2D eigenvalue weighted by atomic mass is 9.93. The molecule has 0 radical (unpaired) electrons. The summed E-state index contributed by atoms with van der Waals surface area (Å²) in [5.41, 5.74) is 6.08. The normalized spacial score (nSPS) is 16.9. The molecule has 1 unspecified atom stereocenters. The highest BCUT2D eigenvalue weighted by Gasteiger charge is 2.48. The number of ketones is 1. The molecular formula is C30H29N3O5. The van der Waals surface area contributed by atoms with Gasteiger partial charge in [0.1, 0.15) is 17.3 Å². The summed E-state index contributed by atoms with van der Waals surface area (Å²) < 4.78 is 11.0. The second-order valence-electron chi connectivity index (χ2n) is 9.62. The zero-order valence-corrected chi connectivity index (χ0v) is 22.2. The summed E-state index contributed by atoms with van der Waals surface area (Å²) in [5, 5.41) is 11.6. The molecule has 2 heterocycles. The van der Waals surface area contributed by atoms with E-state index in [1.54, 1.807) is 37.4 Å². The molecule has 1 saturated heterocycles. The number of H-pyrrole nitrogens is 1. The molecule has 1 aliphatic heterocycles. The molecule has 4 aromatic rings. The molecule has 2 N–H and O–H groups in total. The van der Waals surface area contributed by atoms with E-state index in [1.165, 1.54) is 12.0 Å². The van der Waals surface area contributed by atoms with Gasteiger partial charge in [-0.2, -0.15) is 0 Å². The monoisotopic (exact) mass is 511 g/mol. The van der Waals surface area contributed by atoms with Crippen molar-refractivity contribution in [2.75, 3.05) is 19.1 Å². The Hall–Kier alpha value is -4.59. The number of imidazole rings is 1. The van der Waals surface area contributed by atoms with Gasteiger partial charge in [-0.05, 0) is 85.8 Å². The van der Waals surface area contributed by atoms with Crippen LogP contribution < -0.4 is 14.4 Å². The maximum Gasteiger partial charge on any atom is 0.302 e. The molecule has 194 valence electrons. The van der Waals surface area contributed by atoms with Crippen molar-refractivity contribution >= 4 is 34.4 Å². The van der Waals surface area contributed by atoms with Crippen LogP contribution in [0.2, 0.25) is 0 Å². The van der Waals surface area contributed by atoms with Gasteiger partial charge in [0.05, 0.1) is 42.4 Å². The number of anilines is 1. The highest BCUT2D eigenvalue weighted by atomic mass is 16.5. The van der Waals surface area contributed by atoms with Crippen LogP contribution in [0, 0.1) is 27.7 Å². The molecule has 5 rings (SSSR count). The van der Waals surface area contributed by atoms with Gasteiger partial charge in [-0.25, -0.2) is 4.98 Å². The number of aryl methyl sites for hydroxylation is 4. The number of benzene rings is 3. The van der Waals surface area contributed by atoms with Crippen molar-refractivity contribution in [3.63, 3.8) is 0 Å². The first-order valence-corrected chi connectivity index (χ1v) is 12.2. The topological polar surface area (TPSA) is 105 Å². The minimum Gasteiger partial charge on any atom is -0.507 e. The summed E-state index contributed by atoms with van der Waals surface area (Å²) >= 11 is 0. The number of aromatic amines is 1. The van der Waals surface area contributed by atoms with Crippen molar-refractivity contribution in [2.45, 2.75) is 33.7 Å². The van der Waals surface area contributed by atoms with E-state index in [9.17, 15) is 14.7 Å². The third-order valence-corrected chi connectivity index (χ3v) is 7.05. The van der Waals surface area contributed by atoms with Crippen LogP contribution in [0.25, 0.3) is 16.8 Å². The SMILES string of the molecule is COc1cccc(C2/C(=C(\O)c3cc(C)cc(C)c3OC)C(=O)C(=O)N2c2nc3cc(C)c(C)cc3[nH]2)c1. The number of amides is 1. The molecule has 0 spiro atoms. The van der Waals surface area contributed by atoms with Crippen LogP contribution in [0.15, 0.2) is 54.1 Å². The minimum absolute atomic E-state index is 0.0561. The number of Topliss-reactive ketones (excluding diaryl/α,β-unsaturated/α-hetero) is 1. The summed E-state index contributed by atoms with van der Waals surface area (Å²) in [6.07, 6.45) is 0. The quantitative estimate of drug-likeness (QED) is 0.210. The van der Waals surface area contributed by atoms with Crippen LogP contribution in [0.3, 0.4) is 0 Å². The van der Waals surface area contributed by atoms with Crippen LogP contribution in [0.1, 0.15) is 39.4 Å². The molecule has 1 atom stereocenters.